The van der Waals surface area contributed by atoms with Gasteiger partial charge < -0.3 is 19.7 Å². The van der Waals surface area contributed by atoms with E-state index in [1.165, 1.54) is 13.3 Å². The van der Waals surface area contributed by atoms with E-state index in [0.29, 0.717) is 11.3 Å². The van der Waals surface area contributed by atoms with E-state index in [2.05, 4.69) is 21.8 Å². The molecule has 1 aromatic rings. The Hall–Kier alpha value is -1.72. The van der Waals surface area contributed by atoms with E-state index in [1.54, 1.807) is 6.92 Å². The number of aromatic amines is 1. The first kappa shape index (κ1) is 14.7. The summed E-state index contributed by atoms with van der Waals surface area (Å²) in [4.78, 5) is 17.5. The minimum atomic E-state index is -0.968. The van der Waals surface area contributed by atoms with E-state index in [0.717, 1.165) is 0 Å². The highest BCUT2D eigenvalue weighted by Gasteiger charge is 2.45. The normalized spacial score (nSPS) is 29.0. The van der Waals surface area contributed by atoms with Gasteiger partial charge in [0.15, 0.2) is 0 Å². The zero-order chi connectivity index (χ0) is 14.7. The van der Waals surface area contributed by atoms with Crippen LogP contribution in [-0.4, -0.2) is 52.2 Å². The van der Waals surface area contributed by atoms with Crippen molar-refractivity contribution in [3.63, 3.8) is 0 Å². The second-order valence-electron chi connectivity index (χ2n) is 4.36. The van der Waals surface area contributed by atoms with Crippen LogP contribution in [0.5, 0.6) is 0 Å². The molecule has 0 spiro atoms. The highest BCUT2D eigenvalue weighted by atomic mass is 16.6. The smallest absolute Gasteiger partial charge is 0.345 e. The van der Waals surface area contributed by atoms with Crippen molar-refractivity contribution in [1.82, 2.24) is 9.97 Å². The zero-order valence-corrected chi connectivity index (χ0v) is 11.2. The Balaban J connectivity index is 2.44. The summed E-state index contributed by atoms with van der Waals surface area (Å²) in [6.45, 7) is 1.31. The summed E-state index contributed by atoms with van der Waals surface area (Å²) in [7, 11) is 1.44. The molecule has 0 aromatic carbocycles. The molecular weight excluding hydrogens is 264 g/mol. The van der Waals surface area contributed by atoms with Crippen LogP contribution < -0.4 is 5.69 Å². The minimum absolute atomic E-state index is 0.330. The second-order valence-corrected chi connectivity index (χ2v) is 4.36. The maximum atomic E-state index is 11.3. The SMILES string of the molecule is CC#Cc1[nH]c(=O)ncc1[C@@H]1O[C@H](CO)C(O)[C@@H]1OC. The van der Waals surface area contributed by atoms with Gasteiger partial charge in [0.1, 0.15) is 30.1 Å². The van der Waals surface area contributed by atoms with Crippen molar-refractivity contribution in [2.75, 3.05) is 13.7 Å². The molecule has 1 aliphatic rings. The standard InChI is InChI=1S/C13H16N2O5/c1-3-4-8-7(5-14-13(18)15-8)11-12(19-2)10(17)9(6-16)20-11/h5,9-12,16-17H,6H2,1-2H3,(H,14,15,18)/t9-,10?,11+,12+/m1/s1. The third kappa shape index (κ3) is 2.59. The second kappa shape index (κ2) is 6.15. The quantitative estimate of drug-likeness (QED) is 0.610. The Morgan fingerprint density at radius 1 is 1.60 bits per heavy atom. The predicted molar refractivity (Wildman–Crippen MR) is 68.9 cm³/mol. The highest BCUT2D eigenvalue weighted by molar-refractivity contribution is 5.36. The van der Waals surface area contributed by atoms with Gasteiger partial charge in [-0.05, 0) is 12.8 Å². The molecule has 0 radical (unpaired) electrons. The van der Waals surface area contributed by atoms with Crippen molar-refractivity contribution < 1.29 is 19.7 Å². The Morgan fingerprint density at radius 2 is 2.35 bits per heavy atom. The van der Waals surface area contributed by atoms with E-state index in [1.807, 2.05) is 0 Å². The lowest BCUT2D eigenvalue weighted by atomic mass is 10.0. The number of aliphatic hydroxyl groups excluding tert-OH is 2. The van der Waals surface area contributed by atoms with Gasteiger partial charge in [-0.3, -0.25) is 4.98 Å². The zero-order valence-electron chi connectivity index (χ0n) is 11.2. The van der Waals surface area contributed by atoms with Crippen LogP contribution in [0, 0.1) is 11.8 Å². The third-order valence-electron chi connectivity index (χ3n) is 3.19. The maximum Gasteiger partial charge on any atom is 0.345 e. The minimum Gasteiger partial charge on any atom is -0.394 e. The molecule has 1 fully saturated rings. The Bertz CT molecular complexity index is 588. The molecule has 1 aliphatic heterocycles. The fourth-order valence-electron chi connectivity index (χ4n) is 2.25. The van der Waals surface area contributed by atoms with Crippen molar-refractivity contribution in [3.8, 4) is 11.8 Å². The number of rotatable bonds is 3. The average molecular weight is 280 g/mol. The number of aliphatic hydroxyl groups is 2. The third-order valence-corrected chi connectivity index (χ3v) is 3.19. The number of nitrogens with one attached hydrogen (secondary N) is 1. The Morgan fingerprint density at radius 3 is 2.95 bits per heavy atom. The Kier molecular flexibility index (Phi) is 4.52. The first-order valence-corrected chi connectivity index (χ1v) is 6.11. The van der Waals surface area contributed by atoms with Gasteiger partial charge in [-0.2, -0.15) is 0 Å². The van der Waals surface area contributed by atoms with Crippen molar-refractivity contribution in [2.24, 2.45) is 0 Å². The molecule has 7 heteroatoms. The number of hydrogen-bond acceptors (Lipinski definition) is 6. The van der Waals surface area contributed by atoms with Crippen LogP contribution in [0.15, 0.2) is 11.0 Å². The number of hydrogen-bond donors (Lipinski definition) is 3. The molecule has 20 heavy (non-hydrogen) atoms. The van der Waals surface area contributed by atoms with Crippen molar-refractivity contribution in [3.05, 3.63) is 27.9 Å². The number of H-pyrrole nitrogens is 1. The van der Waals surface area contributed by atoms with Gasteiger partial charge in [-0.1, -0.05) is 5.92 Å². The first-order chi connectivity index (χ1) is 9.62. The topological polar surface area (TPSA) is 105 Å². The van der Waals surface area contributed by atoms with Gasteiger partial charge >= 0.3 is 5.69 Å². The lowest BCUT2D eigenvalue weighted by molar-refractivity contribution is -0.0237. The van der Waals surface area contributed by atoms with Gasteiger partial charge in [0.2, 0.25) is 0 Å². The summed E-state index contributed by atoms with van der Waals surface area (Å²) in [5.74, 6) is 5.45. The molecule has 1 aromatic heterocycles. The lowest BCUT2D eigenvalue weighted by Gasteiger charge is -2.19. The molecular formula is C13H16N2O5. The molecule has 7 nitrogen and oxygen atoms in total. The summed E-state index contributed by atoms with van der Waals surface area (Å²) in [6.07, 6.45) is -1.70. The van der Waals surface area contributed by atoms with Crippen molar-refractivity contribution >= 4 is 0 Å². The number of ether oxygens (including phenoxy) is 2. The molecule has 0 aliphatic carbocycles. The lowest BCUT2D eigenvalue weighted by Crippen LogP contribution is -2.34. The van der Waals surface area contributed by atoms with Gasteiger partial charge in [0, 0.05) is 18.9 Å². The summed E-state index contributed by atoms with van der Waals surface area (Å²) < 4.78 is 10.8. The van der Waals surface area contributed by atoms with Crippen molar-refractivity contribution in [2.45, 2.75) is 31.3 Å². The molecule has 0 saturated carbocycles. The molecule has 1 unspecified atom stereocenters. The summed E-state index contributed by atoms with van der Waals surface area (Å²) in [6, 6.07) is 0. The fourth-order valence-corrected chi connectivity index (χ4v) is 2.25. The van der Waals surface area contributed by atoms with Gasteiger partial charge in [-0.25, -0.2) is 9.78 Å². The summed E-state index contributed by atoms with van der Waals surface area (Å²) in [5, 5.41) is 19.2. The molecule has 2 rings (SSSR count). The number of aromatic nitrogens is 2. The number of methoxy groups -OCH3 is 1. The average Bonchev–Trinajstić information content (AvgIpc) is 2.75. The van der Waals surface area contributed by atoms with E-state index >= 15 is 0 Å². The van der Waals surface area contributed by atoms with Crippen molar-refractivity contribution in [1.29, 1.82) is 0 Å². The fraction of sp³-hybridized carbons (Fsp3) is 0.538. The van der Waals surface area contributed by atoms with Crippen LogP contribution >= 0.6 is 0 Å². The summed E-state index contributed by atoms with van der Waals surface area (Å²) >= 11 is 0. The maximum absolute atomic E-state index is 11.3. The molecule has 4 atom stereocenters. The first-order valence-electron chi connectivity index (χ1n) is 6.11. The van der Waals surface area contributed by atoms with Crippen LogP contribution in [0.2, 0.25) is 0 Å². The number of nitrogens with zero attached hydrogens (tertiary/aromatic N) is 1. The molecule has 108 valence electrons. The highest BCUT2D eigenvalue weighted by Crippen LogP contribution is 2.35. The monoisotopic (exact) mass is 280 g/mol. The molecule has 3 N–H and O–H groups in total. The van der Waals surface area contributed by atoms with Gasteiger partial charge in [-0.15, -0.1) is 0 Å². The van der Waals surface area contributed by atoms with E-state index in [-0.39, 0.29) is 6.61 Å². The van der Waals surface area contributed by atoms with Gasteiger partial charge in [0.05, 0.1) is 6.61 Å². The molecule has 0 amide bonds. The summed E-state index contributed by atoms with van der Waals surface area (Å²) in [5.41, 5.74) is 0.365. The van der Waals surface area contributed by atoms with E-state index < -0.39 is 30.1 Å². The Labute approximate surface area is 115 Å². The van der Waals surface area contributed by atoms with E-state index in [9.17, 15) is 15.0 Å². The van der Waals surface area contributed by atoms with Crippen LogP contribution in [0.25, 0.3) is 0 Å². The predicted octanol–water partition coefficient (Wildman–Crippen LogP) is -1.05. The molecule has 1 saturated heterocycles. The largest absolute Gasteiger partial charge is 0.394 e. The van der Waals surface area contributed by atoms with E-state index in [4.69, 9.17) is 9.47 Å². The molecule has 0 bridgehead atoms. The van der Waals surface area contributed by atoms with Gasteiger partial charge in [0.25, 0.3) is 0 Å². The van der Waals surface area contributed by atoms with Crippen LogP contribution in [0.3, 0.4) is 0 Å². The molecule has 2 heterocycles. The van der Waals surface area contributed by atoms with Crippen LogP contribution in [-0.2, 0) is 9.47 Å². The van der Waals surface area contributed by atoms with Crippen LogP contribution in [0.1, 0.15) is 24.3 Å². The van der Waals surface area contributed by atoms with Crippen LogP contribution in [0.4, 0.5) is 0 Å².